The van der Waals surface area contributed by atoms with Gasteiger partial charge in [-0.3, -0.25) is 4.79 Å². The number of hydrogen-bond acceptors (Lipinski definition) is 2. The molecule has 1 aliphatic heterocycles. The number of benzene rings is 2. The van der Waals surface area contributed by atoms with E-state index in [0.29, 0.717) is 34.4 Å². The van der Waals surface area contributed by atoms with E-state index < -0.39 is 0 Å². The number of fused-ring (bicyclic) bond motifs is 1. The molecule has 0 aliphatic carbocycles. The number of carbonyl (C=O) groups is 1. The summed E-state index contributed by atoms with van der Waals surface area (Å²) < 4.78 is 5.34. The number of hydrogen-bond donors (Lipinski definition) is 0. The molecule has 2 nitrogen and oxygen atoms in total. The smallest absolute Gasteiger partial charge is 0.194 e. The zero-order valence-corrected chi connectivity index (χ0v) is 11.5. The van der Waals surface area contributed by atoms with E-state index in [1.165, 1.54) is 0 Å². The second kappa shape index (κ2) is 4.97. The first-order valence-electron chi connectivity index (χ1n) is 5.85. The Morgan fingerprint density at radius 1 is 1.05 bits per heavy atom. The molecule has 0 spiro atoms. The zero-order chi connectivity index (χ0) is 13.4. The van der Waals surface area contributed by atoms with Crippen molar-refractivity contribution in [1.82, 2.24) is 0 Å². The molecule has 2 aromatic rings. The van der Waals surface area contributed by atoms with Crippen molar-refractivity contribution in [2.75, 3.05) is 0 Å². The summed E-state index contributed by atoms with van der Waals surface area (Å²) in [5, 5.41) is 0.683. The molecule has 1 aliphatic rings. The minimum absolute atomic E-state index is 0.123. The Morgan fingerprint density at radius 2 is 1.84 bits per heavy atom. The number of ether oxygens (including phenoxy) is 1. The minimum atomic E-state index is -0.123. The van der Waals surface area contributed by atoms with E-state index in [4.69, 9.17) is 27.9 Å². The molecule has 19 heavy (non-hydrogen) atoms. The van der Waals surface area contributed by atoms with Gasteiger partial charge in [0.1, 0.15) is 0 Å². The summed E-state index contributed by atoms with van der Waals surface area (Å²) in [6.45, 7) is 1.17. The average Bonchev–Trinajstić information content (AvgIpc) is 2.88. The van der Waals surface area contributed by atoms with Gasteiger partial charge in [-0.1, -0.05) is 41.4 Å². The summed E-state index contributed by atoms with van der Waals surface area (Å²) in [5.74, 6) is -0.123. The van der Waals surface area contributed by atoms with Gasteiger partial charge in [-0.15, -0.1) is 0 Å². The van der Waals surface area contributed by atoms with Crippen LogP contribution < -0.4 is 0 Å². The molecule has 0 saturated heterocycles. The maximum Gasteiger partial charge on any atom is 0.194 e. The van der Waals surface area contributed by atoms with E-state index in [9.17, 15) is 4.79 Å². The van der Waals surface area contributed by atoms with Crippen LogP contribution in [0.3, 0.4) is 0 Å². The maximum absolute atomic E-state index is 12.4. The second-order valence-corrected chi connectivity index (χ2v) is 5.19. The molecule has 0 aromatic heterocycles. The molecular weight excluding hydrogens is 283 g/mol. The first-order valence-corrected chi connectivity index (χ1v) is 6.60. The molecular formula is C15H10Cl2O2. The largest absolute Gasteiger partial charge is 0.372 e. The van der Waals surface area contributed by atoms with Gasteiger partial charge in [0, 0.05) is 11.1 Å². The highest BCUT2D eigenvalue weighted by atomic mass is 35.5. The van der Waals surface area contributed by atoms with E-state index in [0.717, 1.165) is 11.1 Å². The molecule has 0 N–H and O–H groups in total. The third-order valence-electron chi connectivity index (χ3n) is 3.18. The van der Waals surface area contributed by atoms with Gasteiger partial charge in [0.25, 0.3) is 0 Å². The lowest BCUT2D eigenvalue weighted by Crippen LogP contribution is -2.03. The normalized spacial score (nSPS) is 13.4. The van der Waals surface area contributed by atoms with Crippen LogP contribution in [0.5, 0.6) is 0 Å². The summed E-state index contributed by atoms with van der Waals surface area (Å²) in [6, 6.07) is 10.7. The highest BCUT2D eigenvalue weighted by Gasteiger charge is 2.18. The number of carbonyl (C=O) groups excluding carboxylic acids is 1. The van der Waals surface area contributed by atoms with Crippen molar-refractivity contribution in [2.45, 2.75) is 13.2 Å². The fourth-order valence-corrected chi connectivity index (χ4v) is 2.53. The van der Waals surface area contributed by atoms with Gasteiger partial charge >= 0.3 is 0 Å². The van der Waals surface area contributed by atoms with Crippen LogP contribution in [0.4, 0.5) is 0 Å². The van der Waals surface area contributed by atoms with E-state index in [1.807, 2.05) is 12.1 Å². The third-order valence-corrected chi connectivity index (χ3v) is 4.00. The molecule has 96 valence electrons. The molecule has 0 unspecified atom stereocenters. The van der Waals surface area contributed by atoms with Gasteiger partial charge in [-0.2, -0.15) is 0 Å². The number of rotatable bonds is 2. The Bertz CT molecular complexity index is 665. The lowest BCUT2D eigenvalue weighted by atomic mass is 9.99. The third kappa shape index (κ3) is 2.27. The zero-order valence-electron chi connectivity index (χ0n) is 9.95. The summed E-state index contributed by atoms with van der Waals surface area (Å²) in [5.41, 5.74) is 3.22. The first kappa shape index (κ1) is 12.7. The summed E-state index contributed by atoms with van der Waals surface area (Å²) in [7, 11) is 0. The van der Waals surface area contributed by atoms with Gasteiger partial charge < -0.3 is 4.74 Å². The Morgan fingerprint density at radius 3 is 2.68 bits per heavy atom. The standard InChI is InChI=1S/C15H10Cl2O2/c16-13-3-1-2-12(14(13)17)15(18)9-4-5-10-7-19-8-11(10)6-9/h1-6H,7-8H2. The SMILES string of the molecule is O=C(c1ccc2c(c1)COC2)c1cccc(Cl)c1Cl. The van der Waals surface area contributed by atoms with Crippen molar-refractivity contribution in [2.24, 2.45) is 0 Å². The van der Waals surface area contributed by atoms with E-state index in [2.05, 4.69) is 0 Å². The fraction of sp³-hybridized carbons (Fsp3) is 0.133. The molecule has 4 heteroatoms. The van der Waals surface area contributed by atoms with Crippen molar-refractivity contribution in [3.8, 4) is 0 Å². The summed E-state index contributed by atoms with van der Waals surface area (Å²) in [4.78, 5) is 12.4. The molecule has 0 bridgehead atoms. The first-order chi connectivity index (χ1) is 9.16. The number of ketones is 1. The lowest BCUT2D eigenvalue weighted by molar-refractivity contribution is 0.103. The molecule has 0 amide bonds. The van der Waals surface area contributed by atoms with Crippen molar-refractivity contribution < 1.29 is 9.53 Å². The summed E-state index contributed by atoms with van der Waals surface area (Å²) in [6.07, 6.45) is 0. The fourth-order valence-electron chi connectivity index (χ4n) is 2.15. The molecule has 0 radical (unpaired) electrons. The average molecular weight is 293 g/mol. The predicted octanol–water partition coefficient (Wildman–Crippen LogP) is 4.25. The topological polar surface area (TPSA) is 26.3 Å². The Hall–Kier alpha value is -1.35. The van der Waals surface area contributed by atoms with Gasteiger partial charge in [0.05, 0.1) is 23.3 Å². The second-order valence-electron chi connectivity index (χ2n) is 4.41. The van der Waals surface area contributed by atoms with Gasteiger partial charge in [0.15, 0.2) is 5.78 Å². The molecule has 1 heterocycles. The van der Waals surface area contributed by atoms with Crippen molar-refractivity contribution in [3.05, 3.63) is 68.7 Å². The van der Waals surface area contributed by atoms with Crippen LogP contribution >= 0.6 is 23.2 Å². The summed E-state index contributed by atoms with van der Waals surface area (Å²) >= 11 is 12.0. The quantitative estimate of drug-likeness (QED) is 0.773. The molecule has 0 fully saturated rings. The molecule has 3 rings (SSSR count). The molecule has 2 aromatic carbocycles. The van der Waals surface area contributed by atoms with E-state index >= 15 is 0 Å². The van der Waals surface area contributed by atoms with Gasteiger partial charge in [0.2, 0.25) is 0 Å². The maximum atomic E-state index is 12.4. The van der Waals surface area contributed by atoms with Crippen LogP contribution in [-0.2, 0) is 18.0 Å². The minimum Gasteiger partial charge on any atom is -0.372 e. The van der Waals surface area contributed by atoms with Crippen LogP contribution in [0.1, 0.15) is 27.0 Å². The monoisotopic (exact) mass is 292 g/mol. The number of halogens is 2. The van der Waals surface area contributed by atoms with Crippen molar-refractivity contribution in [3.63, 3.8) is 0 Å². The molecule has 0 saturated carbocycles. The highest BCUT2D eigenvalue weighted by Crippen LogP contribution is 2.28. The van der Waals surface area contributed by atoms with Crippen molar-refractivity contribution >= 4 is 29.0 Å². The molecule has 0 atom stereocenters. The highest BCUT2D eigenvalue weighted by molar-refractivity contribution is 6.44. The Balaban J connectivity index is 2.02. The lowest BCUT2D eigenvalue weighted by Gasteiger charge is -2.06. The van der Waals surface area contributed by atoms with Crippen LogP contribution in [0, 0.1) is 0 Å². The Labute approximate surface area is 120 Å². The van der Waals surface area contributed by atoms with Crippen LogP contribution in [-0.4, -0.2) is 5.78 Å². The van der Waals surface area contributed by atoms with Gasteiger partial charge in [-0.05, 0) is 29.3 Å². The van der Waals surface area contributed by atoms with Crippen molar-refractivity contribution in [1.29, 1.82) is 0 Å². The van der Waals surface area contributed by atoms with Crippen LogP contribution in [0.2, 0.25) is 10.0 Å². The van der Waals surface area contributed by atoms with Crippen LogP contribution in [0.15, 0.2) is 36.4 Å². The van der Waals surface area contributed by atoms with Gasteiger partial charge in [-0.25, -0.2) is 0 Å². The van der Waals surface area contributed by atoms with E-state index in [-0.39, 0.29) is 5.78 Å². The Kier molecular flexibility index (Phi) is 3.31. The van der Waals surface area contributed by atoms with Crippen LogP contribution in [0.25, 0.3) is 0 Å². The predicted molar refractivity (Wildman–Crippen MR) is 74.8 cm³/mol. The van der Waals surface area contributed by atoms with E-state index in [1.54, 1.807) is 24.3 Å².